The first-order valence-electron chi connectivity index (χ1n) is 5.13. The van der Waals surface area contributed by atoms with Crippen LogP contribution in [-0.4, -0.2) is 30.9 Å². The van der Waals surface area contributed by atoms with E-state index in [-0.39, 0.29) is 5.91 Å². The van der Waals surface area contributed by atoms with Crippen molar-refractivity contribution in [2.75, 3.05) is 20.1 Å². The van der Waals surface area contributed by atoms with Gasteiger partial charge in [0.15, 0.2) is 0 Å². The van der Waals surface area contributed by atoms with Crippen LogP contribution in [0.15, 0.2) is 0 Å². The van der Waals surface area contributed by atoms with Crippen LogP contribution in [0.1, 0.15) is 33.6 Å². The van der Waals surface area contributed by atoms with E-state index in [1.807, 2.05) is 20.9 Å². The number of carbonyl (C=O) groups excluding carboxylic acids is 1. The number of amides is 1. The zero-order chi connectivity index (χ0) is 11.2. The van der Waals surface area contributed by atoms with Crippen molar-refractivity contribution in [3.63, 3.8) is 0 Å². The van der Waals surface area contributed by atoms with Gasteiger partial charge in [0.25, 0.3) is 0 Å². The summed E-state index contributed by atoms with van der Waals surface area (Å²) in [4.78, 5) is 13.5. The summed E-state index contributed by atoms with van der Waals surface area (Å²) in [5, 5.41) is 0. The van der Waals surface area contributed by atoms with Crippen LogP contribution < -0.4 is 11.3 Å². The van der Waals surface area contributed by atoms with Gasteiger partial charge in [-0.3, -0.25) is 10.2 Å². The van der Waals surface area contributed by atoms with E-state index in [0.717, 1.165) is 19.5 Å². The minimum Gasteiger partial charge on any atom is -0.305 e. The highest BCUT2D eigenvalue weighted by Crippen LogP contribution is 2.16. The van der Waals surface area contributed by atoms with Crippen molar-refractivity contribution in [1.82, 2.24) is 10.3 Å². The zero-order valence-corrected chi connectivity index (χ0v) is 9.76. The van der Waals surface area contributed by atoms with Crippen LogP contribution in [0.3, 0.4) is 0 Å². The van der Waals surface area contributed by atoms with E-state index < -0.39 is 5.41 Å². The summed E-state index contributed by atoms with van der Waals surface area (Å²) < 4.78 is 0. The second-order valence-electron chi connectivity index (χ2n) is 4.45. The number of nitrogens with one attached hydrogen (secondary N) is 1. The first-order chi connectivity index (χ1) is 6.44. The molecule has 84 valence electrons. The van der Waals surface area contributed by atoms with Gasteiger partial charge in [-0.05, 0) is 33.9 Å². The molecule has 0 rings (SSSR count). The Balaban J connectivity index is 4.01. The molecule has 14 heavy (non-hydrogen) atoms. The minimum atomic E-state index is -0.419. The summed E-state index contributed by atoms with van der Waals surface area (Å²) in [6.07, 6.45) is 2.34. The molecule has 0 saturated heterocycles. The first kappa shape index (κ1) is 13.4. The number of rotatable bonds is 6. The van der Waals surface area contributed by atoms with E-state index >= 15 is 0 Å². The van der Waals surface area contributed by atoms with Gasteiger partial charge in [-0.15, -0.1) is 0 Å². The molecule has 3 N–H and O–H groups in total. The SMILES string of the molecule is CCCCN(C)CC(C)(C)C(=O)NN. The van der Waals surface area contributed by atoms with Crippen molar-refractivity contribution in [1.29, 1.82) is 0 Å². The molecule has 0 aromatic heterocycles. The molecule has 0 radical (unpaired) electrons. The van der Waals surface area contributed by atoms with Gasteiger partial charge < -0.3 is 4.90 Å². The fraction of sp³-hybridized carbons (Fsp3) is 0.900. The van der Waals surface area contributed by atoms with Gasteiger partial charge in [-0.2, -0.15) is 0 Å². The van der Waals surface area contributed by atoms with Crippen molar-refractivity contribution in [2.24, 2.45) is 11.3 Å². The minimum absolute atomic E-state index is 0.110. The molecule has 0 atom stereocenters. The molecule has 0 heterocycles. The van der Waals surface area contributed by atoms with Gasteiger partial charge in [0.05, 0.1) is 5.41 Å². The molecular weight excluding hydrogens is 178 g/mol. The van der Waals surface area contributed by atoms with Gasteiger partial charge in [0, 0.05) is 6.54 Å². The predicted octanol–water partition coefficient (Wildman–Crippen LogP) is 0.734. The Morgan fingerprint density at radius 1 is 1.50 bits per heavy atom. The van der Waals surface area contributed by atoms with Gasteiger partial charge in [-0.25, -0.2) is 5.84 Å². The Morgan fingerprint density at radius 2 is 2.07 bits per heavy atom. The summed E-state index contributed by atoms with van der Waals surface area (Å²) in [5.74, 6) is 5.01. The smallest absolute Gasteiger partial charge is 0.240 e. The second kappa shape index (κ2) is 5.98. The fourth-order valence-electron chi connectivity index (χ4n) is 1.45. The number of unbranched alkanes of at least 4 members (excludes halogenated alkanes) is 1. The summed E-state index contributed by atoms with van der Waals surface area (Å²) >= 11 is 0. The fourth-order valence-corrected chi connectivity index (χ4v) is 1.45. The summed E-state index contributed by atoms with van der Waals surface area (Å²) in [6, 6.07) is 0. The molecule has 0 unspecified atom stereocenters. The van der Waals surface area contributed by atoms with Crippen molar-refractivity contribution in [3.8, 4) is 0 Å². The molecule has 0 aliphatic carbocycles. The maximum atomic E-state index is 11.4. The number of hydrogen-bond acceptors (Lipinski definition) is 3. The third kappa shape index (κ3) is 4.58. The number of carbonyl (C=O) groups is 1. The van der Waals surface area contributed by atoms with E-state index in [1.54, 1.807) is 0 Å². The molecule has 0 fully saturated rings. The van der Waals surface area contributed by atoms with E-state index in [0.29, 0.717) is 0 Å². The van der Waals surface area contributed by atoms with Crippen molar-refractivity contribution >= 4 is 5.91 Å². The molecular formula is C10H23N3O. The third-order valence-electron chi connectivity index (χ3n) is 2.30. The maximum absolute atomic E-state index is 11.4. The van der Waals surface area contributed by atoms with Crippen molar-refractivity contribution in [2.45, 2.75) is 33.6 Å². The highest BCUT2D eigenvalue weighted by atomic mass is 16.2. The van der Waals surface area contributed by atoms with Gasteiger partial charge in [0.2, 0.25) is 5.91 Å². The lowest BCUT2D eigenvalue weighted by Gasteiger charge is -2.28. The summed E-state index contributed by atoms with van der Waals surface area (Å²) in [7, 11) is 2.03. The molecule has 0 aliphatic heterocycles. The Kier molecular flexibility index (Phi) is 5.72. The summed E-state index contributed by atoms with van der Waals surface area (Å²) in [5.41, 5.74) is 1.78. The number of hydrazine groups is 1. The van der Waals surface area contributed by atoms with Crippen molar-refractivity contribution < 1.29 is 4.79 Å². The summed E-state index contributed by atoms with van der Waals surface area (Å²) in [6.45, 7) is 7.72. The highest BCUT2D eigenvalue weighted by molar-refractivity contribution is 5.81. The molecule has 4 nitrogen and oxygen atoms in total. The second-order valence-corrected chi connectivity index (χ2v) is 4.45. The van der Waals surface area contributed by atoms with Crippen LogP contribution in [0.2, 0.25) is 0 Å². The number of nitrogens with zero attached hydrogens (tertiary/aromatic N) is 1. The molecule has 0 saturated carbocycles. The van der Waals surface area contributed by atoms with Crippen LogP contribution >= 0.6 is 0 Å². The number of nitrogens with two attached hydrogens (primary N) is 1. The first-order valence-corrected chi connectivity index (χ1v) is 5.13. The van der Waals surface area contributed by atoms with Crippen LogP contribution in [0.5, 0.6) is 0 Å². The molecule has 0 aliphatic rings. The van der Waals surface area contributed by atoms with Crippen LogP contribution in [0.4, 0.5) is 0 Å². The topological polar surface area (TPSA) is 58.4 Å². The van der Waals surface area contributed by atoms with Crippen LogP contribution in [0, 0.1) is 5.41 Å². The van der Waals surface area contributed by atoms with Crippen molar-refractivity contribution in [3.05, 3.63) is 0 Å². The molecule has 0 aromatic carbocycles. The Labute approximate surface area is 86.8 Å². The standard InChI is InChI=1S/C10H23N3O/c1-5-6-7-13(4)8-10(2,3)9(14)12-11/h5-8,11H2,1-4H3,(H,12,14). The molecule has 4 heteroatoms. The Hall–Kier alpha value is -0.610. The lowest BCUT2D eigenvalue weighted by molar-refractivity contribution is -0.130. The largest absolute Gasteiger partial charge is 0.305 e. The average Bonchev–Trinajstić information content (AvgIpc) is 2.12. The normalized spacial score (nSPS) is 11.9. The quantitative estimate of drug-likeness (QED) is 0.378. The predicted molar refractivity (Wildman–Crippen MR) is 58.5 cm³/mol. The lowest BCUT2D eigenvalue weighted by atomic mass is 9.92. The third-order valence-corrected chi connectivity index (χ3v) is 2.30. The Bertz CT molecular complexity index is 180. The number of hydrogen-bond donors (Lipinski definition) is 2. The zero-order valence-electron chi connectivity index (χ0n) is 9.76. The molecule has 0 aromatic rings. The highest BCUT2D eigenvalue weighted by Gasteiger charge is 2.28. The van der Waals surface area contributed by atoms with Gasteiger partial charge in [0.1, 0.15) is 0 Å². The lowest BCUT2D eigenvalue weighted by Crippen LogP contribution is -2.46. The molecule has 1 amide bonds. The van der Waals surface area contributed by atoms with E-state index in [9.17, 15) is 4.79 Å². The van der Waals surface area contributed by atoms with Crippen LogP contribution in [-0.2, 0) is 4.79 Å². The maximum Gasteiger partial charge on any atom is 0.240 e. The van der Waals surface area contributed by atoms with E-state index in [2.05, 4.69) is 17.2 Å². The van der Waals surface area contributed by atoms with E-state index in [1.165, 1.54) is 6.42 Å². The average molecular weight is 201 g/mol. The molecule has 0 spiro atoms. The van der Waals surface area contributed by atoms with Gasteiger partial charge in [-0.1, -0.05) is 13.3 Å². The molecule has 0 bridgehead atoms. The van der Waals surface area contributed by atoms with Gasteiger partial charge >= 0.3 is 0 Å². The Morgan fingerprint density at radius 3 is 2.50 bits per heavy atom. The monoisotopic (exact) mass is 201 g/mol. The van der Waals surface area contributed by atoms with E-state index in [4.69, 9.17) is 5.84 Å². The van der Waals surface area contributed by atoms with Crippen LogP contribution in [0.25, 0.3) is 0 Å².